The van der Waals surface area contributed by atoms with Gasteiger partial charge in [0.25, 0.3) is 0 Å². The molecule has 12 nitrogen and oxygen atoms in total. The predicted octanol–water partition coefficient (Wildman–Crippen LogP) is -2.84. The molecule has 12 heteroatoms. The maximum atomic E-state index is 9.85. The molecule has 0 heterocycles. The van der Waals surface area contributed by atoms with Crippen molar-refractivity contribution in [2.75, 3.05) is 26.4 Å². The fourth-order valence-corrected chi connectivity index (χ4v) is 1.76. The summed E-state index contributed by atoms with van der Waals surface area (Å²) in [5, 5.41) is 69.4. The Morgan fingerprint density at radius 1 is 0.792 bits per heavy atom. The summed E-state index contributed by atoms with van der Waals surface area (Å²) in [5.41, 5.74) is 3.23. The number of amidine groups is 2. The van der Waals surface area contributed by atoms with E-state index in [1.807, 2.05) is 0 Å². The minimum atomic E-state index is -1.44. The van der Waals surface area contributed by atoms with Crippen LogP contribution < -0.4 is 11.0 Å². The molecule has 0 aliphatic rings. The average molecular weight is 354 g/mol. The van der Waals surface area contributed by atoms with Crippen LogP contribution in [0.2, 0.25) is 0 Å². The van der Waals surface area contributed by atoms with Crippen molar-refractivity contribution < 1.29 is 40.3 Å². The molecule has 0 aromatic carbocycles. The van der Waals surface area contributed by atoms with E-state index in [1.165, 1.54) is 0 Å². The smallest absolute Gasteiger partial charge is 0.120 e. The molecule has 0 aliphatic carbocycles. The van der Waals surface area contributed by atoms with E-state index < -0.39 is 37.6 Å². The zero-order chi connectivity index (χ0) is 18.5. The summed E-state index contributed by atoms with van der Waals surface area (Å²) in [6, 6.07) is 0. The second-order valence-corrected chi connectivity index (χ2v) is 4.85. The van der Waals surface area contributed by atoms with Crippen LogP contribution in [-0.4, -0.2) is 93.4 Å². The van der Waals surface area contributed by atoms with Gasteiger partial charge in [-0.25, -0.2) is 0 Å². The fraction of sp³-hybridized carbons (Fsp3) is 0.833. The lowest BCUT2D eigenvalue weighted by Gasteiger charge is -2.32. The summed E-state index contributed by atoms with van der Waals surface area (Å²) in [7, 11) is 0. The van der Waals surface area contributed by atoms with Gasteiger partial charge in [0.15, 0.2) is 0 Å². The summed E-state index contributed by atoms with van der Waals surface area (Å²) in [6.45, 7) is -1.68. The molecule has 0 saturated heterocycles. The first kappa shape index (κ1) is 22.6. The highest BCUT2D eigenvalue weighted by atomic mass is 16.6. The van der Waals surface area contributed by atoms with Gasteiger partial charge in [-0.15, -0.1) is 0 Å². The summed E-state index contributed by atoms with van der Waals surface area (Å²) >= 11 is 0. The highest BCUT2D eigenvalue weighted by Gasteiger charge is 2.35. The molecule has 4 unspecified atom stereocenters. The van der Waals surface area contributed by atoms with E-state index in [-0.39, 0.29) is 37.7 Å². The Morgan fingerprint density at radius 3 is 1.38 bits per heavy atom. The van der Waals surface area contributed by atoms with Crippen LogP contribution in [0.25, 0.3) is 0 Å². The van der Waals surface area contributed by atoms with Crippen molar-refractivity contribution in [3.8, 4) is 0 Å². The van der Waals surface area contributed by atoms with Crippen LogP contribution in [0.1, 0.15) is 12.8 Å². The molecule has 0 aromatic rings. The maximum Gasteiger partial charge on any atom is 0.120 e. The predicted molar refractivity (Wildman–Crippen MR) is 80.2 cm³/mol. The number of hydrogen-bond acceptors (Lipinski definition) is 10. The van der Waals surface area contributed by atoms with Gasteiger partial charge in [-0.2, -0.15) is 0 Å². The SMILES string of the molecule is N=C(CCOC(C(O)CO)C(OCCC(=N)NO)C(O)CO)NO. The minimum Gasteiger partial charge on any atom is -0.394 e. The first-order valence-electron chi connectivity index (χ1n) is 7.17. The van der Waals surface area contributed by atoms with Crippen LogP contribution in [0.15, 0.2) is 0 Å². The van der Waals surface area contributed by atoms with Crippen molar-refractivity contribution in [2.24, 2.45) is 0 Å². The first-order chi connectivity index (χ1) is 11.4. The van der Waals surface area contributed by atoms with Gasteiger partial charge < -0.3 is 29.9 Å². The molecule has 0 amide bonds. The fourth-order valence-electron chi connectivity index (χ4n) is 1.76. The van der Waals surface area contributed by atoms with E-state index in [4.69, 9.17) is 40.9 Å². The van der Waals surface area contributed by atoms with Gasteiger partial charge in [-0.05, 0) is 0 Å². The van der Waals surface area contributed by atoms with Gasteiger partial charge in [-0.1, -0.05) is 0 Å². The van der Waals surface area contributed by atoms with Crippen molar-refractivity contribution in [1.82, 2.24) is 11.0 Å². The number of aliphatic hydroxyl groups is 4. The second kappa shape index (κ2) is 13.0. The normalized spacial score (nSPS) is 16.1. The third-order valence-corrected chi connectivity index (χ3v) is 3.05. The monoisotopic (exact) mass is 354 g/mol. The zero-order valence-corrected chi connectivity index (χ0v) is 13.1. The zero-order valence-electron chi connectivity index (χ0n) is 13.1. The summed E-state index contributed by atoms with van der Waals surface area (Å²) in [5.74, 6) is -0.482. The Labute approximate surface area is 138 Å². The molecule has 142 valence electrons. The Balaban J connectivity index is 4.85. The van der Waals surface area contributed by atoms with Crippen molar-refractivity contribution in [2.45, 2.75) is 37.3 Å². The standard InChI is InChI=1S/C12H26N4O8/c13-9(15-21)1-3-23-11(7(19)5-17)12(8(20)6-18)24-4-2-10(14)16-22/h7-8,11-12,17-22H,1-6H2,(H2,13,15)(H2,14,16). The molecule has 0 aromatic heterocycles. The number of nitrogens with one attached hydrogen (secondary N) is 4. The Morgan fingerprint density at radius 2 is 1.12 bits per heavy atom. The number of aliphatic hydroxyl groups excluding tert-OH is 4. The molecule has 0 radical (unpaired) electrons. The molecule has 0 spiro atoms. The summed E-state index contributed by atoms with van der Waals surface area (Å²) in [6.07, 6.45) is -5.43. The van der Waals surface area contributed by atoms with Crippen molar-refractivity contribution in [1.29, 1.82) is 10.8 Å². The number of rotatable bonds is 13. The van der Waals surface area contributed by atoms with Gasteiger partial charge in [0, 0.05) is 12.8 Å². The summed E-state index contributed by atoms with van der Waals surface area (Å²) in [4.78, 5) is 0. The van der Waals surface area contributed by atoms with Crippen molar-refractivity contribution >= 4 is 11.7 Å². The Kier molecular flexibility index (Phi) is 12.2. The Bertz CT molecular complexity index is 339. The lowest BCUT2D eigenvalue weighted by molar-refractivity contribution is -0.168. The van der Waals surface area contributed by atoms with E-state index in [9.17, 15) is 10.2 Å². The number of hydrogen-bond donors (Lipinski definition) is 10. The molecular weight excluding hydrogens is 328 g/mol. The van der Waals surface area contributed by atoms with E-state index in [2.05, 4.69) is 0 Å². The molecule has 0 aliphatic heterocycles. The van der Waals surface area contributed by atoms with Crippen LogP contribution in [0.5, 0.6) is 0 Å². The largest absolute Gasteiger partial charge is 0.394 e. The molecule has 0 bridgehead atoms. The van der Waals surface area contributed by atoms with E-state index in [0.29, 0.717) is 0 Å². The van der Waals surface area contributed by atoms with Gasteiger partial charge in [-0.3, -0.25) is 32.2 Å². The van der Waals surface area contributed by atoms with Crippen LogP contribution in [0.3, 0.4) is 0 Å². The maximum absolute atomic E-state index is 9.85. The minimum absolute atomic E-state index is 0.0355. The second-order valence-electron chi connectivity index (χ2n) is 4.85. The van der Waals surface area contributed by atoms with E-state index in [0.717, 1.165) is 0 Å². The third-order valence-electron chi connectivity index (χ3n) is 3.05. The Hall–Kier alpha value is -1.38. The molecule has 4 atom stereocenters. The van der Waals surface area contributed by atoms with Crippen molar-refractivity contribution in [3.63, 3.8) is 0 Å². The van der Waals surface area contributed by atoms with Gasteiger partial charge in [0.2, 0.25) is 0 Å². The highest BCUT2D eigenvalue weighted by Crippen LogP contribution is 2.15. The van der Waals surface area contributed by atoms with Gasteiger partial charge in [0.05, 0.1) is 26.4 Å². The molecule has 0 rings (SSSR count). The van der Waals surface area contributed by atoms with E-state index in [1.54, 1.807) is 11.0 Å². The molecule has 24 heavy (non-hydrogen) atoms. The molecule has 0 fully saturated rings. The summed E-state index contributed by atoms with van der Waals surface area (Å²) < 4.78 is 10.6. The van der Waals surface area contributed by atoms with Crippen LogP contribution >= 0.6 is 0 Å². The number of ether oxygens (including phenoxy) is 2. The quantitative estimate of drug-likeness (QED) is 0.0928. The van der Waals surface area contributed by atoms with Gasteiger partial charge >= 0.3 is 0 Å². The van der Waals surface area contributed by atoms with Crippen molar-refractivity contribution in [3.05, 3.63) is 0 Å². The average Bonchev–Trinajstić information content (AvgIpc) is 2.61. The van der Waals surface area contributed by atoms with Crippen LogP contribution in [0.4, 0.5) is 0 Å². The van der Waals surface area contributed by atoms with Crippen LogP contribution in [0, 0.1) is 10.8 Å². The molecule has 0 saturated carbocycles. The molecule has 10 N–H and O–H groups in total. The number of hydroxylamine groups is 2. The first-order valence-corrected chi connectivity index (χ1v) is 7.17. The lowest BCUT2D eigenvalue weighted by Crippen LogP contribution is -2.50. The van der Waals surface area contributed by atoms with E-state index >= 15 is 0 Å². The third kappa shape index (κ3) is 8.47. The van der Waals surface area contributed by atoms with Gasteiger partial charge in [0.1, 0.15) is 36.1 Å². The molecular formula is C12H26N4O8. The topological polar surface area (TPSA) is 212 Å². The van der Waals surface area contributed by atoms with Crippen LogP contribution in [-0.2, 0) is 9.47 Å². The lowest BCUT2D eigenvalue weighted by atomic mass is 10.0. The highest BCUT2D eigenvalue weighted by molar-refractivity contribution is 5.77.